The summed E-state index contributed by atoms with van der Waals surface area (Å²) in [5, 5.41) is 0. The highest BCUT2D eigenvalue weighted by molar-refractivity contribution is 7.11. The summed E-state index contributed by atoms with van der Waals surface area (Å²) in [4.78, 5) is 25.2. The van der Waals surface area contributed by atoms with E-state index in [-0.39, 0.29) is 11.9 Å². The molecular weight excluding hydrogens is 370 g/mol. The second kappa shape index (κ2) is 8.21. The Morgan fingerprint density at radius 1 is 1.32 bits per heavy atom. The van der Waals surface area contributed by atoms with Crippen LogP contribution in [0.3, 0.4) is 0 Å². The van der Waals surface area contributed by atoms with E-state index in [2.05, 4.69) is 33.8 Å². The van der Waals surface area contributed by atoms with E-state index >= 15 is 0 Å². The van der Waals surface area contributed by atoms with Gasteiger partial charge in [0, 0.05) is 48.0 Å². The molecule has 0 amide bonds. The van der Waals surface area contributed by atoms with E-state index in [1.54, 1.807) is 0 Å². The van der Waals surface area contributed by atoms with Crippen LogP contribution in [0, 0.1) is 18.3 Å². The zero-order chi connectivity index (χ0) is 19.6. The number of aryl methyl sites for hydroxylation is 1. The molecular formula is C22H29N3O2S. The van der Waals surface area contributed by atoms with Gasteiger partial charge in [0.05, 0.1) is 12.0 Å². The van der Waals surface area contributed by atoms with Crippen molar-refractivity contribution in [2.45, 2.75) is 33.2 Å². The molecule has 2 aromatic heterocycles. The number of esters is 1. The van der Waals surface area contributed by atoms with Crippen LogP contribution in [0.15, 0.2) is 36.5 Å². The van der Waals surface area contributed by atoms with Gasteiger partial charge in [-0.15, -0.1) is 11.3 Å². The Morgan fingerprint density at radius 2 is 2.21 bits per heavy atom. The summed E-state index contributed by atoms with van der Waals surface area (Å²) in [6, 6.07) is 10.4. The third kappa shape index (κ3) is 3.80. The van der Waals surface area contributed by atoms with E-state index in [0.717, 1.165) is 44.8 Å². The number of ether oxygens (including phenoxy) is 1. The molecule has 4 rings (SSSR count). The summed E-state index contributed by atoms with van der Waals surface area (Å²) in [5.74, 6) is 1.20. The van der Waals surface area contributed by atoms with Gasteiger partial charge in [-0.2, -0.15) is 0 Å². The molecule has 6 heteroatoms. The average molecular weight is 400 g/mol. The number of aromatic nitrogens is 1. The highest BCUT2D eigenvalue weighted by atomic mass is 32.1. The van der Waals surface area contributed by atoms with E-state index in [1.807, 2.05) is 42.7 Å². The molecule has 28 heavy (non-hydrogen) atoms. The first-order valence-corrected chi connectivity index (χ1v) is 11.0. The maximum Gasteiger partial charge on any atom is 0.314 e. The maximum absolute atomic E-state index is 13.1. The number of pyridine rings is 1. The molecule has 2 atom stereocenters. The van der Waals surface area contributed by atoms with Gasteiger partial charge in [-0.25, -0.2) is 4.98 Å². The van der Waals surface area contributed by atoms with Crippen molar-refractivity contribution in [3.8, 4) is 0 Å². The van der Waals surface area contributed by atoms with Gasteiger partial charge in [0.1, 0.15) is 5.82 Å². The lowest BCUT2D eigenvalue weighted by atomic mass is 9.75. The van der Waals surface area contributed by atoms with E-state index in [1.165, 1.54) is 9.75 Å². The molecule has 0 radical (unpaired) electrons. The van der Waals surface area contributed by atoms with Gasteiger partial charge in [-0.05, 0) is 57.5 Å². The van der Waals surface area contributed by atoms with E-state index in [4.69, 9.17) is 4.74 Å². The highest BCUT2D eigenvalue weighted by Gasteiger charge is 2.54. The predicted molar refractivity (Wildman–Crippen MR) is 113 cm³/mol. The number of nitrogens with zero attached hydrogens (tertiary/aromatic N) is 3. The Morgan fingerprint density at radius 3 is 2.93 bits per heavy atom. The van der Waals surface area contributed by atoms with Crippen LogP contribution in [0.4, 0.5) is 5.82 Å². The minimum absolute atomic E-state index is 0.0211. The minimum Gasteiger partial charge on any atom is -0.466 e. The molecule has 0 spiro atoms. The quantitative estimate of drug-likeness (QED) is 0.717. The van der Waals surface area contributed by atoms with Gasteiger partial charge in [-0.3, -0.25) is 9.69 Å². The molecule has 150 valence electrons. The molecule has 2 fully saturated rings. The van der Waals surface area contributed by atoms with Crippen molar-refractivity contribution in [3.05, 3.63) is 46.3 Å². The number of thiophene rings is 1. The molecule has 4 heterocycles. The summed E-state index contributed by atoms with van der Waals surface area (Å²) in [6.45, 7) is 9.00. The molecule has 5 nitrogen and oxygen atoms in total. The molecule has 2 aromatic rings. The fourth-order valence-corrected chi connectivity index (χ4v) is 5.70. The summed E-state index contributed by atoms with van der Waals surface area (Å²) in [5.41, 5.74) is -0.423. The van der Waals surface area contributed by atoms with Gasteiger partial charge in [0.15, 0.2) is 0 Å². The second-order valence-corrected chi connectivity index (χ2v) is 9.37. The number of hydrogen-bond donors (Lipinski definition) is 0. The number of fused-ring (bicyclic) bond motifs is 1. The van der Waals surface area contributed by atoms with Crippen LogP contribution >= 0.6 is 11.3 Å². The number of carbonyl (C=O) groups is 1. The molecule has 0 unspecified atom stereocenters. The van der Waals surface area contributed by atoms with Crippen molar-refractivity contribution in [2.75, 3.05) is 37.7 Å². The fraction of sp³-hybridized carbons (Fsp3) is 0.545. The van der Waals surface area contributed by atoms with Gasteiger partial charge in [0.25, 0.3) is 0 Å². The lowest BCUT2D eigenvalue weighted by molar-refractivity contribution is -0.157. The molecule has 2 aliphatic heterocycles. The smallest absolute Gasteiger partial charge is 0.314 e. The first-order chi connectivity index (χ1) is 13.6. The second-order valence-electron chi connectivity index (χ2n) is 7.99. The van der Waals surface area contributed by atoms with Crippen LogP contribution in [0.25, 0.3) is 0 Å². The largest absolute Gasteiger partial charge is 0.466 e. The first kappa shape index (κ1) is 19.4. The summed E-state index contributed by atoms with van der Waals surface area (Å²) < 4.78 is 5.58. The van der Waals surface area contributed by atoms with Crippen LogP contribution in [0.2, 0.25) is 0 Å². The van der Waals surface area contributed by atoms with Crippen molar-refractivity contribution in [2.24, 2.45) is 11.3 Å². The average Bonchev–Trinajstić information content (AvgIpc) is 3.22. The fourth-order valence-electron chi connectivity index (χ4n) is 4.77. The zero-order valence-corrected chi connectivity index (χ0v) is 17.6. The van der Waals surface area contributed by atoms with Gasteiger partial charge < -0.3 is 9.64 Å². The number of carbonyl (C=O) groups excluding carboxylic acids is 1. The zero-order valence-electron chi connectivity index (χ0n) is 16.8. The first-order valence-electron chi connectivity index (χ1n) is 10.2. The minimum atomic E-state index is -0.423. The Labute approximate surface area is 171 Å². The van der Waals surface area contributed by atoms with Crippen molar-refractivity contribution < 1.29 is 9.53 Å². The third-order valence-electron chi connectivity index (χ3n) is 6.10. The molecule has 0 saturated carbocycles. The van der Waals surface area contributed by atoms with Crippen LogP contribution in [0.5, 0.6) is 0 Å². The Hall–Kier alpha value is -1.92. The van der Waals surface area contributed by atoms with Crippen molar-refractivity contribution in [1.82, 2.24) is 9.88 Å². The number of anilines is 1. The van der Waals surface area contributed by atoms with Crippen LogP contribution in [-0.4, -0.2) is 48.6 Å². The summed E-state index contributed by atoms with van der Waals surface area (Å²) >= 11 is 1.87. The van der Waals surface area contributed by atoms with Crippen LogP contribution in [-0.2, 0) is 16.1 Å². The van der Waals surface area contributed by atoms with Gasteiger partial charge in [-0.1, -0.05) is 6.07 Å². The molecule has 0 aliphatic carbocycles. The Bertz CT molecular complexity index is 809. The Balaban J connectivity index is 1.57. The monoisotopic (exact) mass is 399 g/mol. The van der Waals surface area contributed by atoms with Crippen molar-refractivity contribution in [3.63, 3.8) is 0 Å². The topological polar surface area (TPSA) is 45.7 Å². The lowest BCUT2D eigenvalue weighted by Crippen LogP contribution is -2.42. The molecule has 0 aromatic carbocycles. The molecule has 2 saturated heterocycles. The van der Waals surface area contributed by atoms with Crippen molar-refractivity contribution in [1.29, 1.82) is 0 Å². The number of rotatable bonds is 5. The number of hydrogen-bond acceptors (Lipinski definition) is 6. The van der Waals surface area contributed by atoms with Gasteiger partial charge >= 0.3 is 5.97 Å². The SMILES string of the molecule is CCOC(=O)[C@@]12CCCN(Cc3ccc(C)s3)C[C@@H]1CN(c1ccccn1)C2. The lowest BCUT2D eigenvalue weighted by Gasteiger charge is -2.31. The standard InChI is InChI=1S/C22H29N3O2S/c1-3-27-21(26)22-10-6-12-24(15-19-9-8-17(2)28-19)13-18(22)14-25(16-22)20-7-4-5-11-23-20/h4-5,7-9,11,18H,3,6,10,12-16H2,1-2H3/t18-,22-/m1/s1. The summed E-state index contributed by atoms with van der Waals surface area (Å²) in [6.07, 6.45) is 3.74. The number of likely N-dealkylation sites (tertiary alicyclic amines) is 1. The Kier molecular flexibility index (Phi) is 5.69. The van der Waals surface area contributed by atoms with Crippen molar-refractivity contribution >= 4 is 23.1 Å². The normalized spacial score (nSPS) is 25.4. The third-order valence-corrected chi connectivity index (χ3v) is 7.09. The molecule has 0 N–H and O–H groups in total. The summed E-state index contributed by atoms with van der Waals surface area (Å²) in [7, 11) is 0. The van der Waals surface area contributed by atoms with Gasteiger partial charge in [0.2, 0.25) is 0 Å². The van der Waals surface area contributed by atoms with E-state index in [0.29, 0.717) is 13.2 Å². The van der Waals surface area contributed by atoms with E-state index in [9.17, 15) is 4.79 Å². The maximum atomic E-state index is 13.1. The highest BCUT2D eigenvalue weighted by Crippen LogP contribution is 2.45. The van der Waals surface area contributed by atoms with Crippen LogP contribution in [0.1, 0.15) is 29.5 Å². The van der Waals surface area contributed by atoms with E-state index < -0.39 is 5.41 Å². The molecule has 0 bridgehead atoms. The van der Waals surface area contributed by atoms with Crippen LogP contribution < -0.4 is 4.90 Å². The predicted octanol–water partition coefficient (Wildman–Crippen LogP) is 3.73. The molecule has 2 aliphatic rings.